The van der Waals surface area contributed by atoms with Gasteiger partial charge < -0.3 is 64.6 Å². The van der Waals surface area contributed by atoms with Crippen LogP contribution in [0.1, 0.15) is 145 Å². The van der Waals surface area contributed by atoms with Gasteiger partial charge in [-0.15, -0.1) is 0 Å². The van der Waals surface area contributed by atoms with E-state index in [9.17, 15) is 44.1 Å². The molecule has 16 atom stereocenters. The van der Waals surface area contributed by atoms with Gasteiger partial charge in [0.1, 0.15) is 30.5 Å². The molecule has 0 unspecified atom stereocenters. The van der Waals surface area contributed by atoms with Crippen LogP contribution < -0.4 is 11.1 Å². The van der Waals surface area contributed by atoms with Crippen LogP contribution in [0.2, 0.25) is 0 Å². The van der Waals surface area contributed by atoms with Crippen LogP contribution in [0, 0.1) is 35.5 Å². The number of nitrogens with one attached hydrogen (secondary N) is 1. The fourth-order valence-electron chi connectivity index (χ4n) is 12.2. The standard InChI is InChI=1S/C60H96N4O15/c1-12-62-57(71)59(61)25-28-63(29-26-59)58(72)78-47-24-22-43(33-50(47)75-10)32-39(5)49-35-46(65)38(4)31-41(7)52(67)53(76-11)51(66)40(6)30-36(2)18-14-13-15-19-37(3)48(74-9)34-44-23-21-42(8)60(73,79-44)54(68)55(69)64-27-17-16-20-45(64)56(70)77-49/h13-15,18-19,31,36,38-40,42-50,52-53,65,67,73H,12,16-17,20-30,32-35,61H2,1-11H3,(H,62,71)/b15-13+,18-14+,37-19+,41-31+/t36-,38-,39-,40-,42-,43+,44+,45+,46-,47-,48+,49+,50-,52-,53+,60-/m1/s1. The predicted octanol–water partition coefficient (Wildman–Crippen LogP) is 6.05. The van der Waals surface area contributed by atoms with Gasteiger partial charge in [-0.1, -0.05) is 71.1 Å². The number of nitrogens with zero attached hydrogens (tertiary/aromatic N) is 2. The number of likely N-dealkylation sites (tertiary alicyclic amines) is 1. The second-order valence-electron chi connectivity index (χ2n) is 23.7. The van der Waals surface area contributed by atoms with Gasteiger partial charge >= 0.3 is 12.1 Å². The average Bonchev–Trinajstić information content (AvgIpc) is 3.51. The molecule has 0 aromatic heterocycles. The number of allylic oxidation sites excluding steroid dienone is 5. The molecule has 19 nitrogen and oxygen atoms in total. The first-order valence-electron chi connectivity index (χ1n) is 29.1. The minimum atomic E-state index is -2.46. The summed E-state index contributed by atoms with van der Waals surface area (Å²) in [6.07, 6.45) is 9.94. The molecule has 3 saturated heterocycles. The summed E-state index contributed by atoms with van der Waals surface area (Å²) >= 11 is 0. The molecule has 4 fully saturated rings. The normalized spacial score (nSPS) is 38.0. The molecule has 79 heavy (non-hydrogen) atoms. The first-order chi connectivity index (χ1) is 37.4. The number of aliphatic hydroxyl groups excluding tert-OH is 2. The van der Waals surface area contributed by atoms with Crippen molar-refractivity contribution < 1.29 is 72.5 Å². The molecule has 0 aromatic carbocycles. The van der Waals surface area contributed by atoms with Gasteiger partial charge in [-0.2, -0.15) is 0 Å². The fourth-order valence-corrected chi connectivity index (χ4v) is 12.2. The van der Waals surface area contributed by atoms with E-state index in [1.165, 1.54) is 12.0 Å². The zero-order chi connectivity index (χ0) is 58.4. The molecule has 4 aliphatic heterocycles. The largest absolute Gasteiger partial charge is 0.460 e. The Bertz CT molecular complexity index is 2190. The third kappa shape index (κ3) is 17.1. The molecule has 1 aliphatic carbocycles. The topological polar surface area (TPSA) is 263 Å². The van der Waals surface area contributed by atoms with E-state index >= 15 is 0 Å². The number of methoxy groups -OCH3 is 3. The Balaban J connectivity index is 1.40. The highest BCUT2D eigenvalue weighted by Crippen LogP contribution is 2.39. The van der Waals surface area contributed by atoms with E-state index in [0.717, 1.165) is 5.57 Å². The van der Waals surface area contributed by atoms with E-state index in [1.54, 1.807) is 46.0 Å². The lowest BCUT2D eigenvalue weighted by Crippen LogP contribution is -2.61. The summed E-state index contributed by atoms with van der Waals surface area (Å²) < 4.78 is 36.1. The summed E-state index contributed by atoms with van der Waals surface area (Å²) in [6.45, 7) is 15.7. The summed E-state index contributed by atoms with van der Waals surface area (Å²) in [7, 11) is 4.53. The van der Waals surface area contributed by atoms with Gasteiger partial charge in [-0.05, 0) is 127 Å². The molecule has 0 radical (unpaired) electrons. The van der Waals surface area contributed by atoms with Crippen LogP contribution in [0.15, 0.2) is 47.6 Å². The summed E-state index contributed by atoms with van der Waals surface area (Å²) in [5.74, 6) is -8.02. The number of amides is 3. The van der Waals surface area contributed by atoms with Crippen molar-refractivity contribution in [2.24, 2.45) is 41.2 Å². The van der Waals surface area contributed by atoms with Crippen LogP contribution in [0.5, 0.6) is 0 Å². The summed E-state index contributed by atoms with van der Waals surface area (Å²) in [6, 6.07) is -1.17. The van der Waals surface area contributed by atoms with E-state index in [-0.39, 0.29) is 61.9 Å². The fraction of sp³-hybridized carbons (Fsp3) is 0.767. The highest BCUT2D eigenvalue weighted by Gasteiger charge is 2.53. The summed E-state index contributed by atoms with van der Waals surface area (Å²) in [4.78, 5) is 86.2. The van der Waals surface area contributed by atoms with E-state index in [2.05, 4.69) is 5.32 Å². The molecule has 1 saturated carbocycles. The first kappa shape index (κ1) is 65.5. The highest BCUT2D eigenvalue weighted by molar-refractivity contribution is 6.39. The maximum atomic E-state index is 14.7. The number of hydrogen-bond acceptors (Lipinski definition) is 16. The maximum Gasteiger partial charge on any atom is 0.410 e. The Kier molecular flexibility index (Phi) is 24.9. The first-order valence-corrected chi connectivity index (χ1v) is 29.1. The van der Waals surface area contributed by atoms with E-state index < -0.39 is 108 Å². The molecule has 5 rings (SSSR count). The number of hydrogen-bond donors (Lipinski definition) is 5. The minimum Gasteiger partial charge on any atom is -0.460 e. The van der Waals surface area contributed by atoms with Gasteiger partial charge in [-0.25, -0.2) is 9.59 Å². The van der Waals surface area contributed by atoms with Crippen molar-refractivity contribution in [1.82, 2.24) is 15.1 Å². The van der Waals surface area contributed by atoms with Gasteiger partial charge in [0.15, 0.2) is 5.78 Å². The van der Waals surface area contributed by atoms with E-state index in [1.807, 2.05) is 65.0 Å². The SMILES string of the molecule is CCNC(=O)C1(N)CCN(C(=O)O[C@@H]2CC[C@@H](C[C@@H](C)[C@@H]3C[C@@H](O)[C@H](C)/C=C(\C)[C@@H](O)[C@@H](OC)C(=O)[C@H](C)C[C@H](C)/C=C/C=C/C=C(\C)[C@@H](OC)C[C@@H]4CC[C@@H](C)[C@@](O)(O4)C(=O)C(=O)N4CCCC[C@H]4C(=O)O3)C[C@H]2OC)CC1. The second-order valence-corrected chi connectivity index (χ2v) is 23.7. The third-order valence-electron chi connectivity index (χ3n) is 17.6. The van der Waals surface area contributed by atoms with Crippen molar-refractivity contribution in [3.05, 3.63) is 47.6 Å². The number of ketones is 2. The number of fused-ring (bicyclic) bond motifs is 3. The van der Waals surface area contributed by atoms with Crippen molar-refractivity contribution in [2.45, 2.75) is 211 Å². The van der Waals surface area contributed by atoms with Crippen molar-refractivity contribution in [2.75, 3.05) is 47.5 Å². The van der Waals surface area contributed by atoms with Crippen LogP contribution in [0.3, 0.4) is 0 Å². The van der Waals surface area contributed by atoms with E-state index in [4.69, 9.17) is 34.2 Å². The van der Waals surface area contributed by atoms with Crippen LogP contribution >= 0.6 is 0 Å². The number of carbonyl (C=O) groups excluding carboxylic acids is 6. The molecule has 446 valence electrons. The van der Waals surface area contributed by atoms with E-state index in [0.29, 0.717) is 89.2 Å². The van der Waals surface area contributed by atoms with Gasteiger partial charge in [0.2, 0.25) is 11.7 Å². The van der Waals surface area contributed by atoms with Crippen molar-refractivity contribution in [1.29, 1.82) is 0 Å². The number of Topliss-reactive ketones (excluding diaryl/α,β-unsaturated/α-hetero) is 2. The molecule has 2 bridgehead atoms. The number of carbonyl (C=O) groups is 6. The van der Waals surface area contributed by atoms with Gasteiger partial charge in [0, 0.05) is 78.1 Å². The maximum absolute atomic E-state index is 14.7. The van der Waals surface area contributed by atoms with Crippen molar-refractivity contribution in [3.8, 4) is 0 Å². The molecule has 0 aromatic rings. The van der Waals surface area contributed by atoms with Crippen LogP contribution in [-0.2, 0) is 52.4 Å². The number of ether oxygens (including phenoxy) is 6. The predicted molar refractivity (Wildman–Crippen MR) is 297 cm³/mol. The Morgan fingerprint density at radius 2 is 1.56 bits per heavy atom. The molecule has 19 heteroatoms. The second kappa shape index (κ2) is 30.1. The van der Waals surface area contributed by atoms with Gasteiger partial charge in [0.25, 0.3) is 11.7 Å². The Labute approximate surface area is 469 Å². The number of nitrogens with two attached hydrogens (primary N) is 1. The van der Waals surface area contributed by atoms with Crippen LogP contribution in [0.25, 0.3) is 0 Å². The molecule has 4 heterocycles. The zero-order valence-corrected chi connectivity index (χ0v) is 49.1. The lowest BCUT2D eigenvalue weighted by Gasteiger charge is -2.43. The monoisotopic (exact) mass is 1110 g/mol. The molecule has 0 spiro atoms. The highest BCUT2D eigenvalue weighted by atomic mass is 16.6. The molecule has 6 N–H and O–H groups in total. The van der Waals surface area contributed by atoms with Crippen molar-refractivity contribution >= 4 is 35.4 Å². The quantitative estimate of drug-likeness (QED) is 0.100. The molecule has 5 aliphatic rings. The number of likely N-dealkylation sites (N-methyl/N-ethyl adjacent to an activating group) is 1. The lowest BCUT2D eigenvalue weighted by molar-refractivity contribution is -0.265. The van der Waals surface area contributed by atoms with Crippen molar-refractivity contribution in [3.63, 3.8) is 0 Å². The number of esters is 1. The third-order valence-corrected chi connectivity index (χ3v) is 17.6. The molecular formula is C60H96N4O15. The average molecular weight is 1110 g/mol. The number of aliphatic hydroxyl groups is 3. The summed E-state index contributed by atoms with van der Waals surface area (Å²) in [5.41, 5.74) is 6.64. The van der Waals surface area contributed by atoms with Crippen LogP contribution in [-0.4, -0.2) is 174 Å². The Morgan fingerprint density at radius 1 is 0.848 bits per heavy atom. The Hall–Kier alpha value is -4.34. The smallest absolute Gasteiger partial charge is 0.410 e. The number of piperidine rings is 2. The van der Waals surface area contributed by atoms with Crippen LogP contribution in [0.4, 0.5) is 4.79 Å². The zero-order valence-electron chi connectivity index (χ0n) is 49.1. The number of cyclic esters (lactones) is 1. The minimum absolute atomic E-state index is 0.00548. The van der Waals surface area contributed by atoms with Gasteiger partial charge in [0.05, 0.1) is 30.0 Å². The molecule has 3 amide bonds. The summed E-state index contributed by atoms with van der Waals surface area (Å²) in [5, 5.41) is 38.4. The van der Waals surface area contributed by atoms with Gasteiger partial charge in [-0.3, -0.25) is 19.2 Å². The lowest BCUT2D eigenvalue weighted by atomic mass is 9.78. The molecular weight excluding hydrogens is 1020 g/mol. The Morgan fingerprint density at radius 3 is 2.22 bits per heavy atom. The number of rotatable bonds is 9.